The quantitative estimate of drug-likeness (QED) is 0.347. The largest absolute Gasteiger partial charge is 0.140 e. The Morgan fingerprint density at radius 3 is 1.35 bits per heavy atom. The number of hydrogen-bond acceptors (Lipinski definition) is 2. The van der Waals surface area contributed by atoms with Crippen LogP contribution in [0.5, 0.6) is 0 Å². The summed E-state index contributed by atoms with van der Waals surface area (Å²) in [5.41, 5.74) is 2.80. The third kappa shape index (κ3) is 1.58. The molecule has 0 aliphatic carbocycles. The second-order valence-corrected chi connectivity index (χ2v) is 8.19. The van der Waals surface area contributed by atoms with Gasteiger partial charge in [0.1, 0.15) is 0 Å². The Morgan fingerprint density at radius 1 is 0.550 bits per heavy atom. The van der Waals surface area contributed by atoms with E-state index in [1.54, 1.807) is 0 Å². The van der Waals surface area contributed by atoms with E-state index in [0.717, 1.165) is 0 Å². The molecule has 0 unspecified atom stereocenters. The van der Waals surface area contributed by atoms with E-state index >= 15 is 0 Å². The van der Waals surface area contributed by atoms with Crippen LogP contribution in [0.3, 0.4) is 0 Å². The van der Waals surface area contributed by atoms with Crippen LogP contribution in [0.2, 0.25) is 0 Å². The molecule has 0 N–H and O–H groups in total. The third-order valence-corrected chi connectivity index (χ3v) is 6.39. The van der Waals surface area contributed by atoms with Crippen molar-refractivity contribution in [1.29, 1.82) is 0 Å². The molecule has 0 atom stereocenters. The molecule has 4 rings (SSSR count). The minimum absolute atomic E-state index is 1.40. The molecule has 2 aromatic heterocycles. The summed E-state index contributed by atoms with van der Waals surface area (Å²) in [6.45, 7) is 8.89. The molecular formula is C18H16S2. The molecule has 0 aliphatic rings. The number of benzene rings is 2. The Labute approximate surface area is 126 Å². The lowest BCUT2D eigenvalue weighted by Gasteiger charge is -2.07. The highest BCUT2D eigenvalue weighted by atomic mass is 32.1. The number of rotatable bonds is 0. The maximum atomic E-state index is 2.38. The van der Waals surface area contributed by atoms with Gasteiger partial charge in [0.05, 0.1) is 0 Å². The number of hydrogen-bond donors (Lipinski definition) is 0. The number of aryl methyl sites for hydroxylation is 4. The summed E-state index contributed by atoms with van der Waals surface area (Å²) in [6, 6.07) is 9.45. The van der Waals surface area contributed by atoms with E-state index in [1.807, 2.05) is 22.7 Å². The summed E-state index contributed by atoms with van der Waals surface area (Å²) in [5, 5.41) is 5.68. The highest BCUT2D eigenvalue weighted by molar-refractivity contribution is 7.20. The van der Waals surface area contributed by atoms with E-state index in [4.69, 9.17) is 0 Å². The molecule has 0 saturated heterocycles. The van der Waals surface area contributed by atoms with Crippen molar-refractivity contribution in [2.24, 2.45) is 0 Å². The van der Waals surface area contributed by atoms with Gasteiger partial charge in [-0.15, -0.1) is 22.7 Å². The first kappa shape index (κ1) is 12.4. The molecule has 4 aromatic rings. The van der Waals surface area contributed by atoms with Gasteiger partial charge < -0.3 is 0 Å². The highest BCUT2D eigenvalue weighted by Gasteiger charge is 2.12. The Kier molecular flexibility index (Phi) is 2.51. The van der Waals surface area contributed by atoms with Crippen molar-refractivity contribution in [3.8, 4) is 0 Å². The van der Waals surface area contributed by atoms with E-state index < -0.39 is 0 Å². The van der Waals surface area contributed by atoms with Crippen molar-refractivity contribution in [3.63, 3.8) is 0 Å². The summed E-state index contributed by atoms with van der Waals surface area (Å²) in [5.74, 6) is 0. The van der Waals surface area contributed by atoms with Gasteiger partial charge in [0.15, 0.2) is 0 Å². The Hall–Kier alpha value is -1.38. The van der Waals surface area contributed by atoms with Crippen LogP contribution >= 0.6 is 22.7 Å². The minimum Gasteiger partial charge on any atom is -0.140 e. The molecular weight excluding hydrogens is 280 g/mol. The normalized spacial score (nSPS) is 12.0. The molecule has 2 heterocycles. The van der Waals surface area contributed by atoms with Crippen molar-refractivity contribution in [2.75, 3.05) is 0 Å². The molecule has 0 nitrogen and oxygen atoms in total. The standard InChI is InChI=1S/C18H16S2/c1-9-5-13-14(15-7-11(3)19-17(9)15)6-10(2)18-16(13)8-12(4)20-18/h5-8H,1-4H3. The fourth-order valence-electron chi connectivity index (χ4n) is 3.18. The van der Waals surface area contributed by atoms with E-state index in [0.29, 0.717) is 0 Å². The zero-order valence-electron chi connectivity index (χ0n) is 12.1. The van der Waals surface area contributed by atoms with Gasteiger partial charge in [-0.3, -0.25) is 0 Å². The first-order chi connectivity index (χ1) is 9.54. The lowest BCUT2D eigenvalue weighted by Crippen LogP contribution is -1.81. The summed E-state index contributed by atoms with van der Waals surface area (Å²) in [4.78, 5) is 2.80. The van der Waals surface area contributed by atoms with Gasteiger partial charge in [0.25, 0.3) is 0 Å². The first-order valence-corrected chi connectivity index (χ1v) is 8.51. The molecule has 0 aliphatic heterocycles. The van der Waals surface area contributed by atoms with Crippen LogP contribution in [0, 0.1) is 27.7 Å². The van der Waals surface area contributed by atoms with Crippen molar-refractivity contribution < 1.29 is 0 Å². The van der Waals surface area contributed by atoms with Gasteiger partial charge in [0, 0.05) is 29.9 Å². The zero-order valence-corrected chi connectivity index (χ0v) is 13.8. The van der Waals surface area contributed by atoms with Crippen molar-refractivity contribution >= 4 is 53.6 Å². The molecule has 100 valence electrons. The number of thiophene rings is 2. The summed E-state index contributed by atoms with van der Waals surface area (Å²) >= 11 is 3.83. The van der Waals surface area contributed by atoms with E-state index in [9.17, 15) is 0 Å². The average molecular weight is 296 g/mol. The summed E-state index contributed by atoms with van der Waals surface area (Å²) in [6.07, 6.45) is 0. The summed E-state index contributed by atoms with van der Waals surface area (Å²) in [7, 11) is 0. The maximum Gasteiger partial charge on any atom is 0.0381 e. The van der Waals surface area contributed by atoms with Gasteiger partial charge in [0.2, 0.25) is 0 Å². The van der Waals surface area contributed by atoms with Crippen LogP contribution in [0.15, 0.2) is 24.3 Å². The van der Waals surface area contributed by atoms with E-state index in [1.165, 1.54) is 51.8 Å². The van der Waals surface area contributed by atoms with Gasteiger partial charge in [-0.1, -0.05) is 0 Å². The van der Waals surface area contributed by atoms with E-state index in [-0.39, 0.29) is 0 Å². The smallest absolute Gasteiger partial charge is 0.0381 e. The van der Waals surface area contributed by atoms with Crippen LogP contribution in [-0.4, -0.2) is 0 Å². The predicted octanol–water partition coefficient (Wildman–Crippen LogP) is 6.50. The van der Waals surface area contributed by atoms with Gasteiger partial charge >= 0.3 is 0 Å². The van der Waals surface area contributed by atoms with E-state index in [2.05, 4.69) is 52.0 Å². The van der Waals surface area contributed by atoms with Crippen LogP contribution in [0.1, 0.15) is 20.9 Å². The van der Waals surface area contributed by atoms with Gasteiger partial charge in [-0.2, -0.15) is 0 Å². The van der Waals surface area contributed by atoms with Crippen LogP contribution in [0.4, 0.5) is 0 Å². The predicted molar refractivity (Wildman–Crippen MR) is 93.7 cm³/mol. The molecule has 0 amide bonds. The fraction of sp³-hybridized carbons (Fsp3) is 0.222. The SMILES string of the molecule is Cc1cc2c(s1)c(C)cc1c3cc(C)sc3c(C)cc21. The highest BCUT2D eigenvalue weighted by Crippen LogP contribution is 2.40. The van der Waals surface area contributed by atoms with Gasteiger partial charge in [-0.25, -0.2) is 0 Å². The lowest BCUT2D eigenvalue weighted by atomic mass is 9.98. The second kappa shape index (κ2) is 4.06. The Morgan fingerprint density at radius 2 is 0.950 bits per heavy atom. The monoisotopic (exact) mass is 296 g/mol. The number of fused-ring (bicyclic) bond motifs is 5. The second-order valence-electron chi connectivity index (χ2n) is 5.68. The summed E-state index contributed by atoms with van der Waals surface area (Å²) < 4.78 is 2.89. The lowest BCUT2D eigenvalue weighted by molar-refractivity contribution is 1.57. The van der Waals surface area contributed by atoms with Gasteiger partial charge in [-0.05, 0) is 73.9 Å². The van der Waals surface area contributed by atoms with Crippen LogP contribution in [-0.2, 0) is 0 Å². The molecule has 2 aromatic carbocycles. The average Bonchev–Trinajstić information content (AvgIpc) is 2.95. The Balaban J connectivity index is 2.35. The fourth-order valence-corrected chi connectivity index (χ4v) is 5.17. The van der Waals surface area contributed by atoms with Crippen LogP contribution in [0.25, 0.3) is 30.9 Å². The molecule has 2 heteroatoms. The molecule has 0 bridgehead atoms. The zero-order chi connectivity index (χ0) is 14.0. The Bertz CT molecular complexity index is 902. The van der Waals surface area contributed by atoms with Crippen molar-refractivity contribution in [3.05, 3.63) is 45.1 Å². The first-order valence-electron chi connectivity index (χ1n) is 6.88. The van der Waals surface area contributed by atoms with Crippen molar-refractivity contribution in [2.45, 2.75) is 27.7 Å². The molecule has 0 radical (unpaired) electrons. The molecule has 0 spiro atoms. The van der Waals surface area contributed by atoms with Crippen molar-refractivity contribution in [1.82, 2.24) is 0 Å². The maximum absolute atomic E-state index is 2.38. The molecule has 0 saturated carbocycles. The molecule has 0 fully saturated rings. The third-order valence-electron chi connectivity index (χ3n) is 4.02. The molecule has 20 heavy (non-hydrogen) atoms. The minimum atomic E-state index is 1.40. The van der Waals surface area contributed by atoms with Crippen LogP contribution < -0.4 is 0 Å². The topological polar surface area (TPSA) is 0 Å².